The van der Waals surface area contributed by atoms with Crippen molar-refractivity contribution >= 4 is 22.6 Å². The van der Waals surface area contributed by atoms with Crippen LogP contribution < -0.4 is 15.8 Å². The molecule has 0 radical (unpaired) electrons. The van der Waals surface area contributed by atoms with E-state index in [1.54, 1.807) is 37.3 Å². The standard InChI is InChI=1S/C23H25FN4O2/c1-15(21-26-20-10-6-5-9-19(20)22(29)27-21)28(18-13-11-16(24)12-14-18)23(30)25-17-7-3-2-4-8-17/h5-6,9-15,17H,2-4,7-8H2,1H3,(H,25,30)(H,26,27,29). The number of carbonyl (C=O) groups is 1. The van der Waals surface area contributed by atoms with Crippen molar-refractivity contribution in [2.75, 3.05) is 4.90 Å². The normalized spacial score (nSPS) is 15.7. The molecule has 2 N–H and O–H groups in total. The molecule has 156 valence electrons. The number of urea groups is 1. The number of nitrogens with zero attached hydrogens (tertiary/aromatic N) is 2. The third-order valence-corrected chi connectivity index (χ3v) is 5.67. The summed E-state index contributed by atoms with van der Waals surface area (Å²) in [5.41, 5.74) is 0.844. The van der Waals surface area contributed by atoms with E-state index in [1.807, 2.05) is 6.07 Å². The van der Waals surface area contributed by atoms with Crippen LogP contribution in [0.2, 0.25) is 0 Å². The number of aromatic amines is 1. The number of anilines is 1. The van der Waals surface area contributed by atoms with Gasteiger partial charge in [-0.15, -0.1) is 0 Å². The van der Waals surface area contributed by atoms with Crippen LogP contribution in [-0.2, 0) is 0 Å². The Morgan fingerprint density at radius 3 is 2.57 bits per heavy atom. The van der Waals surface area contributed by atoms with Gasteiger partial charge >= 0.3 is 6.03 Å². The SMILES string of the molecule is CC(c1nc2ccccc2c(=O)[nH]1)N(C(=O)NC1CCCCC1)c1ccc(F)cc1. The number of halogens is 1. The molecule has 3 aromatic rings. The van der Waals surface area contributed by atoms with Crippen LogP contribution in [-0.4, -0.2) is 22.0 Å². The lowest BCUT2D eigenvalue weighted by Crippen LogP contribution is -2.47. The van der Waals surface area contributed by atoms with E-state index < -0.39 is 6.04 Å². The van der Waals surface area contributed by atoms with Crippen LogP contribution in [0.1, 0.15) is 50.9 Å². The van der Waals surface area contributed by atoms with Crippen LogP contribution in [0.25, 0.3) is 10.9 Å². The van der Waals surface area contributed by atoms with Crippen LogP contribution in [0.15, 0.2) is 53.3 Å². The van der Waals surface area contributed by atoms with Crippen molar-refractivity contribution in [2.45, 2.75) is 51.1 Å². The van der Waals surface area contributed by atoms with Crippen LogP contribution in [0.5, 0.6) is 0 Å². The fraction of sp³-hybridized carbons (Fsp3) is 0.348. The van der Waals surface area contributed by atoms with Gasteiger partial charge in [0.25, 0.3) is 5.56 Å². The van der Waals surface area contributed by atoms with Gasteiger partial charge in [0.05, 0.1) is 16.9 Å². The number of fused-ring (bicyclic) bond motifs is 1. The number of nitrogens with one attached hydrogen (secondary N) is 2. The lowest BCUT2D eigenvalue weighted by atomic mass is 9.96. The maximum Gasteiger partial charge on any atom is 0.322 e. The first-order valence-corrected chi connectivity index (χ1v) is 10.4. The van der Waals surface area contributed by atoms with Crippen molar-refractivity contribution in [3.05, 3.63) is 70.5 Å². The minimum atomic E-state index is -0.559. The lowest BCUT2D eigenvalue weighted by molar-refractivity contribution is 0.236. The van der Waals surface area contributed by atoms with Gasteiger partial charge in [-0.25, -0.2) is 14.2 Å². The van der Waals surface area contributed by atoms with Gasteiger partial charge in [0.2, 0.25) is 0 Å². The summed E-state index contributed by atoms with van der Waals surface area (Å²) in [6, 6.07) is 12.1. The minimum absolute atomic E-state index is 0.116. The van der Waals surface area contributed by atoms with Crippen LogP contribution in [0.4, 0.5) is 14.9 Å². The second kappa shape index (κ2) is 8.65. The predicted molar refractivity (Wildman–Crippen MR) is 115 cm³/mol. The predicted octanol–water partition coefficient (Wildman–Crippen LogP) is 4.67. The zero-order valence-electron chi connectivity index (χ0n) is 16.9. The van der Waals surface area contributed by atoms with Crippen molar-refractivity contribution < 1.29 is 9.18 Å². The average Bonchev–Trinajstić information content (AvgIpc) is 2.76. The molecular weight excluding hydrogens is 383 g/mol. The van der Waals surface area contributed by atoms with E-state index in [1.165, 1.54) is 23.5 Å². The molecule has 4 rings (SSSR count). The zero-order chi connectivity index (χ0) is 21.1. The van der Waals surface area contributed by atoms with Crippen LogP contribution in [0.3, 0.4) is 0 Å². The molecule has 2 amide bonds. The maximum absolute atomic E-state index is 13.5. The molecule has 0 saturated heterocycles. The highest BCUT2D eigenvalue weighted by molar-refractivity contribution is 5.93. The van der Waals surface area contributed by atoms with Crippen LogP contribution >= 0.6 is 0 Å². The number of para-hydroxylation sites is 1. The molecule has 2 aromatic carbocycles. The summed E-state index contributed by atoms with van der Waals surface area (Å²) in [6.45, 7) is 1.80. The molecule has 1 saturated carbocycles. The highest BCUT2D eigenvalue weighted by Crippen LogP contribution is 2.27. The summed E-state index contributed by atoms with van der Waals surface area (Å²) in [5, 5.41) is 3.60. The largest absolute Gasteiger partial charge is 0.335 e. The first-order valence-electron chi connectivity index (χ1n) is 10.4. The Labute approximate surface area is 174 Å². The average molecular weight is 408 g/mol. The molecule has 1 unspecified atom stereocenters. The molecule has 1 aliphatic carbocycles. The highest BCUT2D eigenvalue weighted by Gasteiger charge is 2.28. The number of carbonyl (C=O) groups excluding carboxylic acids is 1. The first-order chi connectivity index (χ1) is 14.5. The van der Waals surface area contributed by atoms with E-state index in [2.05, 4.69) is 15.3 Å². The number of amides is 2. The topological polar surface area (TPSA) is 78.1 Å². The van der Waals surface area contributed by atoms with Gasteiger partial charge in [0, 0.05) is 11.7 Å². The van der Waals surface area contributed by atoms with Crippen LogP contribution in [0, 0.1) is 5.82 Å². The maximum atomic E-state index is 13.5. The Hall–Kier alpha value is -3.22. The molecule has 0 aliphatic heterocycles. The third-order valence-electron chi connectivity index (χ3n) is 5.67. The number of H-pyrrole nitrogens is 1. The number of benzene rings is 2. The van der Waals surface area contributed by atoms with Crippen molar-refractivity contribution in [1.29, 1.82) is 0 Å². The van der Waals surface area contributed by atoms with Gasteiger partial charge < -0.3 is 10.3 Å². The van der Waals surface area contributed by atoms with E-state index in [9.17, 15) is 14.0 Å². The van der Waals surface area contributed by atoms with Gasteiger partial charge in [-0.1, -0.05) is 31.4 Å². The lowest BCUT2D eigenvalue weighted by Gasteiger charge is -2.32. The molecule has 6 nitrogen and oxygen atoms in total. The van der Waals surface area contributed by atoms with Gasteiger partial charge in [0.15, 0.2) is 0 Å². The smallest absolute Gasteiger partial charge is 0.322 e. The number of rotatable bonds is 4. The number of hydrogen-bond donors (Lipinski definition) is 2. The molecule has 1 aliphatic rings. The Morgan fingerprint density at radius 2 is 1.83 bits per heavy atom. The summed E-state index contributed by atoms with van der Waals surface area (Å²) >= 11 is 0. The van der Waals surface area contributed by atoms with Gasteiger partial charge in [-0.05, 0) is 56.2 Å². The molecule has 1 atom stereocenters. The molecular formula is C23H25FN4O2. The second-order valence-electron chi connectivity index (χ2n) is 7.78. The Morgan fingerprint density at radius 1 is 1.13 bits per heavy atom. The van der Waals surface area contributed by atoms with E-state index in [0.29, 0.717) is 22.4 Å². The molecule has 1 aromatic heterocycles. The van der Waals surface area contributed by atoms with Crippen molar-refractivity contribution in [3.8, 4) is 0 Å². The highest BCUT2D eigenvalue weighted by atomic mass is 19.1. The summed E-state index contributed by atoms with van der Waals surface area (Å²) < 4.78 is 13.5. The zero-order valence-corrected chi connectivity index (χ0v) is 16.9. The van der Waals surface area contributed by atoms with Crippen molar-refractivity contribution in [3.63, 3.8) is 0 Å². The van der Waals surface area contributed by atoms with Crippen molar-refractivity contribution in [1.82, 2.24) is 15.3 Å². The number of aromatic nitrogens is 2. The monoisotopic (exact) mass is 408 g/mol. The Bertz CT molecular complexity index is 1090. The summed E-state index contributed by atoms with van der Waals surface area (Å²) in [5.74, 6) is -0.00176. The van der Waals surface area contributed by atoms with E-state index in [4.69, 9.17) is 0 Å². The van der Waals surface area contributed by atoms with Gasteiger partial charge in [0.1, 0.15) is 11.6 Å². The molecule has 0 bridgehead atoms. The second-order valence-corrected chi connectivity index (χ2v) is 7.78. The fourth-order valence-electron chi connectivity index (χ4n) is 4.03. The Kier molecular flexibility index (Phi) is 5.79. The summed E-state index contributed by atoms with van der Waals surface area (Å²) in [7, 11) is 0. The molecule has 1 fully saturated rings. The summed E-state index contributed by atoms with van der Waals surface area (Å²) in [4.78, 5) is 34.7. The van der Waals surface area contributed by atoms with E-state index in [-0.39, 0.29) is 23.4 Å². The summed E-state index contributed by atoms with van der Waals surface area (Å²) in [6.07, 6.45) is 5.27. The minimum Gasteiger partial charge on any atom is -0.335 e. The molecule has 30 heavy (non-hydrogen) atoms. The molecule has 0 spiro atoms. The first kappa shape index (κ1) is 20.1. The van der Waals surface area contributed by atoms with Crippen molar-refractivity contribution in [2.24, 2.45) is 0 Å². The number of hydrogen-bond acceptors (Lipinski definition) is 3. The van der Waals surface area contributed by atoms with E-state index in [0.717, 1.165) is 25.7 Å². The van der Waals surface area contributed by atoms with Gasteiger partial charge in [-0.2, -0.15) is 0 Å². The molecule has 1 heterocycles. The Balaban J connectivity index is 1.70. The fourth-order valence-corrected chi connectivity index (χ4v) is 4.03. The third kappa shape index (κ3) is 4.20. The van der Waals surface area contributed by atoms with E-state index >= 15 is 0 Å². The van der Waals surface area contributed by atoms with Gasteiger partial charge in [-0.3, -0.25) is 9.69 Å². The quantitative estimate of drug-likeness (QED) is 0.658. The molecule has 7 heteroatoms.